The number of phenols is 1. The molecule has 2 aromatic carbocycles. The molecular formula is C14H13F2NO. The lowest BCUT2D eigenvalue weighted by Gasteiger charge is -2.16. The first-order chi connectivity index (χ1) is 8.58. The number of hydrogen-bond acceptors (Lipinski definition) is 2. The van der Waals surface area contributed by atoms with Crippen LogP contribution in [-0.4, -0.2) is 5.11 Å². The predicted molar refractivity (Wildman–Crippen MR) is 66.5 cm³/mol. The fraction of sp³-hybridized carbons (Fsp3) is 0.143. The van der Waals surface area contributed by atoms with Gasteiger partial charge in [-0.15, -0.1) is 0 Å². The lowest BCUT2D eigenvalue weighted by Crippen LogP contribution is -2.09. The van der Waals surface area contributed by atoms with Gasteiger partial charge in [0.2, 0.25) is 0 Å². The zero-order valence-electron chi connectivity index (χ0n) is 9.82. The molecule has 0 aromatic heterocycles. The molecule has 1 atom stereocenters. The summed E-state index contributed by atoms with van der Waals surface area (Å²) >= 11 is 0. The van der Waals surface area contributed by atoms with Gasteiger partial charge in [-0.2, -0.15) is 0 Å². The average molecular weight is 249 g/mol. The van der Waals surface area contributed by atoms with Gasteiger partial charge >= 0.3 is 0 Å². The zero-order valence-corrected chi connectivity index (χ0v) is 9.82. The molecule has 2 N–H and O–H groups in total. The Balaban J connectivity index is 2.22. The van der Waals surface area contributed by atoms with Crippen molar-refractivity contribution in [3.8, 4) is 5.75 Å². The number of hydrogen-bond donors (Lipinski definition) is 2. The highest BCUT2D eigenvalue weighted by Gasteiger charge is 2.13. The van der Waals surface area contributed by atoms with Crippen LogP contribution >= 0.6 is 0 Å². The third kappa shape index (κ3) is 2.59. The second-order valence-electron chi connectivity index (χ2n) is 4.06. The van der Waals surface area contributed by atoms with Crippen molar-refractivity contribution in [2.24, 2.45) is 0 Å². The highest BCUT2D eigenvalue weighted by atomic mass is 19.2. The van der Waals surface area contributed by atoms with Crippen molar-refractivity contribution >= 4 is 5.69 Å². The van der Waals surface area contributed by atoms with E-state index in [0.717, 1.165) is 6.07 Å². The van der Waals surface area contributed by atoms with Crippen molar-refractivity contribution in [3.05, 3.63) is 59.7 Å². The predicted octanol–water partition coefficient (Wildman–Crippen LogP) is 3.84. The van der Waals surface area contributed by atoms with Crippen molar-refractivity contribution in [2.45, 2.75) is 13.0 Å². The van der Waals surface area contributed by atoms with Crippen LogP contribution in [0.1, 0.15) is 18.5 Å². The molecule has 0 heterocycles. The van der Waals surface area contributed by atoms with Gasteiger partial charge in [0.1, 0.15) is 5.75 Å². The van der Waals surface area contributed by atoms with E-state index in [9.17, 15) is 13.9 Å². The van der Waals surface area contributed by atoms with E-state index < -0.39 is 17.7 Å². The first-order valence-electron chi connectivity index (χ1n) is 5.57. The molecule has 1 unspecified atom stereocenters. The lowest BCUT2D eigenvalue weighted by atomic mass is 10.1. The lowest BCUT2D eigenvalue weighted by molar-refractivity contribution is 0.475. The average Bonchev–Trinajstić information content (AvgIpc) is 2.32. The summed E-state index contributed by atoms with van der Waals surface area (Å²) in [4.78, 5) is 0. The summed E-state index contributed by atoms with van der Waals surface area (Å²) in [6.07, 6.45) is 0. The van der Waals surface area contributed by atoms with E-state index in [1.807, 2.05) is 0 Å². The zero-order chi connectivity index (χ0) is 13.1. The molecule has 0 aliphatic heterocycles. The Bertz CT molecular complexity index is 557. The Morgan fingerprint density at radius 1 is 1.11 bits per heavy atom. The maximum absolute atomic E-state index is 13.6. The summed E-state index contributed by atoms with van der Waals surface area (Å²) in [5.41, 5.74) is 0.893. The SMILES string of the molecule is CC(Nc1cccc(O)c1)c1cccc(F)c1F. The molecule has 0 aliphatic carbocycles. The molecule has 0 saturated heterocycles. The number of halogens is 2. The Morgan fingerprint density at radius 2 is 1.83 bits per heavy atom. The Hall–Kier alpha value is -2.10. The fourth-order valence-electron chi connectivity index (χ4n) is 1.78. The monoisotopic (exact) mass is 249 g/mol. The smallest absolute Gasteiger partial charge is 0.164 e. The van der Waals surface area contributed by atoms with E-state index in [1.54, 1.807) is 25.1 Å². The summed E-state index contributed by atoms with van der Waals surface area (Å²) in [6.45, 7) is 1.72. The van der Waals surface area contributed by atoms with Gasteiger partial charge in [0, 0.05) is 17.3 Å². The summed E-state index contributed by atoms with van der Waals surface area (Å²) in [5.74, 6) is -1.60. The van der Waals surface area contributed by atoms with Crippen LogP contribution in [0.2, 0.25) is 0 Å². The number of aromatic hydroxyl groups is 1. The van der Waals surface area contributed by atoms with Gasteiger partial charge in [0.05, 0.1) is 6.04 Å². The molecule has 2 aromatic rings. The van der Waals surface area contributed by atoms with Crippen molar-refractivity contribution in [3.63, 3.8) is 0 Å². The minimum atomic E-state index is -0.864. The van der Waals surface area contributed by atoms with Gasteiger partial charge in [-0.3, -0.25) is 0 Å². The molecule has 0 bridgehead atoms. The van der Waals surface area contributed by atoms with Crippen LogP contribution in [0.4, 0.5) is 14.5 Å². The Morgan fingerprint density at radius 3 is 2.56 bits per heavy atom. The van der Waals surface area contributed by atoms with E-state index >= 15 is 0 Å². The Kier molecular flexibility index (Phi) is 3.46. The maximum Gasteiger partial charge on any atom is 0.164 e. The largest absolute Gasteiger partial charge is 0.508 e. The van der Waals surface area contributed by atoms with Crippen molar-refractivity contribution in [2.75, 3.05) is 5.32 Å². The van der Waals surface area contributed by atoms with Crippen molar-refractivity contribution in [1.82, 2.24) is 0 Å². The highest BCUT2D eigenvalue weighted by molar-refractivity contribution is 5.49. The van der Waals surface area contributed by atoms with E-state index in [1.165, 1.54) is 18.2 Å². The minimum absolute atomic E-state index is 0.118. The highest BCUT2D eigenvalue weighted by Crippen LogP contribution is 2.24. The first kappa shape index (κ1) is 12.4. The maximum atomic E-state index is 13.6. The number of phenolic OH excluding ortho intramolecular Hbond substituents is 1. The molecule has 4 heteroatoms. The quantitative estimate of drug-likeness (QED) is 0.866. The van der Waals surface area contributed by atoms with Crippen LogP contribution in [0.15, 0.2) is 42.5 Å². The van der Waals surface area contributed by atoms with Crippen molar-refractivity contribution in [1.29, 1.82) is 0 Å². The van der Waals surface area contributed by atoms with Gasteiger partial charge in [-0.1, -0.05) is 18.2 Å². The molecule has 0 fully saturated rings. The Labute approximate surface area is 104 Å². The van der Waals surface area contributed by atoms with Crippen LogP contribution in [0.25, 0.3) is 0 Å². The molecule has 0 saturated carbocycles. The third-order valence-corrected chi connectivity index (χ3v) is 2.68. The van der Waals surface area contributed by atoms with Crippen LogP contribution in [-0.2, 0) is 0 Å². The topological polar surface area (TPSA) is 32.3 Å². The second kappa shape index (κ2) is 5.04. The summed E-state index contributed by atoms with van der Waals surface area (Å²) in [7, 11) is 0. The van der Waals surface area contributed by atoms with Gasteiger partial charge in [-0.25, -0.2) is 8.78 Å². The number of rotatable bonds is 3. The molecule has 18 heavy (non-hydrogen) atoms. The van der Waals surface area contributed by atoms with Gasteiger partial charge in [-0.05, 0) is 25.1 Å². The second-order valence-corrected chi connectivity index (χ2v) is 4.06. The first-order valence-corrected chi connectivity index (χ1v) is 5.57. The van der Waals surface area contributed by atoms with E-state index in [0.29, 0.717) is 5.69 Å². The number of anilines is 1. The summed E-state index contributed by atoms with van der Waals surface area (Å²) in [5, 5.41) is 12.3. The molecular weight excluding hydrogens is 236 g/mol. The summed E-state index contributed by atoms with van der Waals surface area (Å²) < 4.78 is 26.7. The molecule has 0 amide bonds. The molecule has 0 radical (unpaired) electrons. The minimum Gasteiger partial charge on any atom is -0.508 e. The van der Waals surface area contributed by atoms with Crippen LogP contribution in [0, 0.1) is 11.6 Å². The molecule has 2 nitrogen and oxygen atoms in total. The number of nitrogens with one attached hydrogen (secondary N) is 1. The van der Waals surface area contributed by atoms with E-state index in [4.69, 9.17) is 0 Å². The standard InChI is InChI=1S/C14H13F2NO/c1-9(12-6-3-7-13(15)14(12)16)17-10-4-2-5-11(18)8-10/h2-9,17-18H,1H3. The van der Waals surface area contributed by atoms with Gasteiger partial charge in [0.15, 0.2) is 11.6 Å². The van der Waals surface area contributed by atoms with Crippen LogP contribution < -0.4 is 5.32 Å². The van der Waals surface area contributed by atoms with Gasteiger partial charge < -0.3 is 10.4 Å². The molecule has 2 rings (SSSR count). The van der Waals surface area contributed by atoms with Crippen LogP contribution in [0.5, 0.6) is 5.75 Å². The van der Waals surface area contributed by atoms with Gasteiger partial charge in [0.25, 0.3) is 0 Å². The third-order valence-electron chi connectivity index (χ3n) is 2.68. The normalized spacial score (nSPS) is 12.2. The summed E-state index contributed by atoms with van der Waals surface area (Å²) in [6, 6.07) is 10.2. The van der Waals surface area contributed by atoms with Crippen molar-refractivity contribution < 1.29 is 13.9 Å². The molecule has 94 valence electrons. The fourth-order valence-corrected chi connectivity index (χ4v) is 1.78. The molecule has 0 aliphatic rings. The number of benzene rings is 2. The van der Waals surface area contributed by atoms with E-state index in [2.05, 4.69) is 5.32 Å². The van der Waals surface area contributed by atoms with Crippen LogP contribution in [0.3, 0.4) is 0 Å². The molecule has 0 spiro atoms. The van der Waals surface area contributed by atoms with E-state index in [-0.39, 0.29) is 11.3 Å².